The fraction of sp³-hybridized carbons (Fsp3) is 0.258. The van der Waals surface area contributed by atoms with Gasteiger partial charge in [-0.2, -0.15) is 11.3 Å². The van der Waals surface area contributed by atoms with Crippen molar-refractivity contribution in [1.82, 2.24) is 9.29 Å². The molecule has 1 amide bonds. The fourth-order valence-electron chi connectivity index (χ4n) is 5.72. The van der Waals surface area contributed by atoms with Gasteiger partial charge in [-0.3, -0.25) is 13.9 Å². The molecule has 2 aliphatic rings. The number of piperidine rings is 1. The first-order valence-corrected chi connectivity index (χ1v) is 15.0. The van der Waals surface area contributed by atoms with E-state index >= 15 is 0 Å². The second kappa shape index (κ2) is 11.6. The lowest BCUT2D eigenvalue weighted by Crippen LogP contribution is -2.54. The van der Waals surface area contributed by atoms with E-state index in [0.717, 1.165) is 18.4 Å². The number of nitrogens with zero attached hydrogens (tertiary/aromatic N) is 2. The van der Waals surface area contributed by atoms with Crippen molar-refractivity contribution in [3.63, 3.8) is 0 Å². The van der Waals surface area contributed by atoms with E-state index in [1.165, 1.54) is 27.8 Å². The topological polar surface area (TPSA) is 68.7 Å². The number of pyridine rings is 1. The van der Waals surface area contributed by atoms with Crippen LogP contribution in [0, 0.1) is 5.82 Å². The molecule has 0 saturated carbocycles. The molecule has 6 rings (SSSR count). The molecule has 4 heterocycles. The van der Waals surface area contributed by atoms with Crippen LogP contribution in [-0.4, -0.2) is 34.2 Å². The largest absolute Gasteiger partial charge is 0.439 e. The number of aromatic nitrogens is 1. The van der Waals surface area contributed by atoms with E-state index in [1.54, 1.807) is 48.5 Å². The minimum Gasteiger partial charge on any atom is -0.439 e. The number of hydrogen-bond donors (Lipinski definition) is 1. The van der Waals surface area contributed by atoms with E-state index < -0.39 is 17.4 Å². The SMILES string of the molecule is O=C1CC(c2ccsc2)(c2cccc(Oc3ccc(F)cc3C3CCOCC3)n2)N(S)C(=O)C1c1ccccc1Cl. The van der Waals surface area contributed by atoms with Gasteiger partial charge in [0.2, 0.25) is 11.8 Å². The molecule has 6 nitrogen and oxygen atoms in total. The number of carbonyl (C=O) groups is 2. The average Bonchev–Trinajstić information content (AvgIpc) is 3.53. The summed E-state index contributed by atoms with van der Waals surface area (Å²) in [5.74, 6) is -1.33. The second-order valence-electron chi connectivity index (χ2n) is 10.2. The van der Waals surface area contributed by atoms with Gasteiger partial charge < -0.3 is 9.47 Å². The van der Waals surface area contributed by atoms with Crippen molar-refractivity contribution in [3.05, 3.63) is 111 Å². The Bertz CT molecular complexity index is 1590. The maximum atomic E-state index is 14.3. The van der Waals surface area contributed by atoms with Gasteiger partial charge in [-0.1, -0.05) is 48.7 Å². The predicted octanol–water partition coefficient (Wildman–Crippen LogP) is 7.30. The second-order valence-corrected chi connectivity index (χ2v) is 11.7. The Hall–Kier alpha value is -3.24. The van der Waals surface area contributed by atoms with Gasteiger partial charge in [-0.05, 0) is 77.0 Å². The summed E-state index contributed by atoms with van der Waals surface area (Å²) in [6.45, 7) is 1.21. The third-order valence-corrected chi connectivity index (χ3v) is 9.35. The zero-order chi connectivity index (χ0) is 28.6. The summed E-state index contributed by atoms with van der Waals surface area (Å²) in [6, 6.07) is 18.4. The highest BCUT2D eigenvalue weighted by Crippen LogP contribution is 2.48. The molecule has 0 aliphatic carbocycles. The smallest absolute Gasteiger partial charge is 0.248 e. The number of ether oxygens (including phenoxy) is 2. The van der Waals surface area contributed by atoms with Crippen LogP contribution in [0.3, 0.4) is 0 Å². The molecule has 0 radical (unpaired) electrons. The van der Waals surface area contributed by atoms with Gasteiger partial charge in [-0.15, -0.1) is 0 Å². The van der Waals surface area contributed by atoms with Crippen molar-refractivity contribution < 1.29 is 23.5 Å². The summed E-state index contributed by atoms with van der Waals surface area (Å²) >= 11 is 12.5. The summed E-state index contributed by atoms with van der Waals surface area (Å²) in [7, 11) is 0. The molecule has 2 aromatic carbocycles. The van der Waals surface area contributed by atoms with Gasteiger partial charge in [0.05, 0.1) is 5.69 Å². The number of thiol groups is 1. The number of thiophene rings is 1. The molecule has 210 valence electrons. The van der Waals surface area contributed by atoms with Crippen LogP contribution in [0.5, 0.6) is 11.6 Å². The lowest BCUT2D eigenvalue weighted by Gasteiger charge is -2.45. The van der Waals surface area contributed by atoms with Crippen molar-refractivity contribution >= 4 is 47.4 Å². The summed E-state index contributed by atoms with van der Waals surface area (Å²) in [6.07, 6.45) is 1.47. The van der Waals surface area contributed by atoms with Gasteiger partial charge in [-0.25, -0.2) is 9.37 Å². The Balaban J connectivity index is 1.39. The quantitative estimate of drug-likeness (QED) is 0.184. The van der Waals surface area contributed by atoms with Crippen LogP contribution in [0.4, 0.5) is 4.39 Å². The van der Waals surface area contributed by atoms with E-state index in [9.17, 15) is 14.0 Å². The van der Waals surface area contributed by atoms with Gasteiger partial charge in [0.1, 0.15) is 23.0 Å². The van der Waals surface area contributed by atoms with Crippen LogP contribution in [0.15, 0.2) is 77.5 Å². The Morgan fingerprint density at radius 2 is 1.85 bits per heavy atom. The Morgan fingerprint density at radius 3 is 2.61 bits per heavy atom. The fourth-order valence-corrected chi connectivity index (χ4v) is 7.09. The standard InChI is InChI=1S/C31H26ClFN2O4S2/c32-24-5-2-1-4-22(24)29-25(36)17-31(35(40)30(29)37,20-12-15-41-18-20)27-6-3-7-28(34-27)39-26-9-8-21(33)16-23(26)19-10-13-38-14-11-19/h1-9,12,15-16,18-19,29,40H,10-11,13-14,17H2. The van der Waals surface area contributed by atoms with Gasteiger partial charge in [0.25, 0.3) is 0 Å². The lowest BCUT2D eigenvalue weighted by atomic mass is 9.75. The molecular weight excluding hydrogens is 583 g/mol. The molecule has 4 aromatic rings. The third-order valence-electron chi connectivity index (χ3n) is 7.78. The normalized spacial score (nSPS) is 21.7. The van der Waals surface area contributed by atoms with E-state index in [-0.39, 0.29) is 29.8 Å². The minimum absolute atomic E-state index is 0.0603. The number of amides is 1. The molecule has 0 N–H and O–H groups in total. The van der Waals surface area contributed by atoms with Crippen LogP contribution >= 0.6 is 35.8 Å². The summed E-state index contributed by atoms with van der Waals surface area (Å²) in [5.41, 5.74) is 1.07. The molecular formula is C31H26ClFN2O4S2. The van der Waals surface area contributed by atoms with E-state index in [2.05, 4.69) is 0 Å². The zero-order valence-corrected chi connectivity index (χ0v) is 24.3. The number of Topliss-reactive ketones (excluding diaryl/α,β-unsaturated/α-hetero) is 1. The molecule has 10 heteroatoms. The van der Waals surface area contributed by atoms with Crippen LogP contribution in [0.1, 0.15) is 53.5 Å². The number of rotatable bonds is 6. The Labute approximate surface area is 251 Å². The molecule has 2 aliphatic heterocycles. The Morgan fingerprint density at radius 1 is 1.05 bits per heavy atom. The first kappa shape index (κ1) is 27.9. The molecule has 2 atom stereocenters. The van der Waals surface area contributed by atoms with Gasteiger partial charge >= 0.3 is 0 Å². The highest BCUT2D eigenvalue weighted by atomic mass is 35.5. The van der Waals surface area contributed by atoms with Crippen LogP contribution in [-0.2, 0) is 19.9 Å². The van der Waals surface area contributed by atoms with Crippen LogP contribution < -0.4 is 4.74 Å². The Kier molecular flexibility index (Phi) is 7.87. The van der Waals surface area contributed by atoms with Crippen LogP contribution in [0.2, 0.25) is 5.02 Å². The van der Waals surface area contributed by atoms with Gasteiger partial charge in [0.15, 0.2) is 5.78 Å². The molecule has 2 aromatic heterocycles. The zero-order valence-electron chi connectivity index (χ0n) is 21.8. The average molecular weight is 609 g/mol. The highest BCUT2D eigenvalue weighted by molar-refractivity contribution is 7.78. The van der Waals surface area contributed by atoms with E-state index in [4.69, 9.17) is 38.9 Å². The lowest BCUT2D eigenvalue weighted by molar-refractivity contribution is -0.142. The number of hydrogen-bond acceptors (Lipinski definition) is 7. The molecule has 2 fully saturated rings. The highest BCUT2D eigenvalue weighted by Gasteiger charge is 2.53. The molecule has 2 unspecified atom stereocenters. The number of carbonyl (C=O) groups excluding carboxylic acids is 2. The third kappa shape index (κ3) is 5.16. The molecule has 0 spiro atoms. The monoisotopic (exact) mass is 608 g/mol. The van der Waals surface area contributed by atoms with Crippen molar-refractivity contribution in [2.45, 2.75) is 36.6 Å². The predicted molar refractivity (Wildman–Crippen MR) is 158 cm³/mol. The van der Waals surface area contributed by atoms with Crippen molar-refractivity contribution in [2.75, 3.05) is 13.2 Å². The molecule has 0 bridgehead atoms. The minimum atomic E-state index is -1.28. The number of halogens is 2. The number of benzene rings is 2. The van der Waals surface area contributed by atoms with Crippen molar-refractivity contribution in [3.8, 4) is 11.6 Å². The molecule has 41 heavy (non-hydrogen) atoms. The van der Waals surface area contributed by atoms with Crippen LogP contribution in [0.25, 0.3) is 0 Å². The maximum Gasteiger partial charge on any atom is 0.248 e. The first-order chi connectivity index (χ1) is 19.9. The molecule has 2 saturated heterocycles. The van der Waals surface area contributed by atoms with Crippen molar-refractivity contribution in [1.29, 1.82) is 0 Å². The summed E-state index contributed by atoms with van der Waals surface area (Å²) < 4.78 is 27.3. The maximum absolute atomic E-state index is 14.3. The summed E-state index contributed by atoms with van der Waals surface area (Å²) in [5, 5.41) is 4.11. The number of ketones is 1. The van der Waals surface area contributed by atoms with E-state index in [0.29, 0.717) is 40.8 Å². The van der Waals surface area contributed by atoms with E-state index in [1.807, 2.05) is 16.8 Å². The first-order valence-electron chi connectivity index (χ1n) is 13.2. The summed E-state index contributed by atoms with van der Waals surface area (Å²) in [4.78, 5) is 32.4. The van der Waals surface area contributed by atoms with Gasteiger partial charge in [0, 0.05) is 36.3 Å². The van der Waals surface area contributed by atoms with Crippen molar-refractivity contribution in [2.24, 2.45) is 0 Å².